The molecule has 0 radical (unpaired) electrons. The number of hydrogen-bond acceptors (Lipinski definition) is 2. The molecule has 78 valence electrons. The molecule has 1 aromatic carbocycles. The molecule has 0 aliphatic carbocycles. The zero-order chi connectivity index (χ0) is 10.7. The molecule has 15 heavy (non-hydrogen) atoms. The van der Waals surface area contributed by atoms with Gasteiger partial charge in [0.25, 0.3) is 5.56 Å². The van der Waals surface area contributed by atoms with Crippen LogP contribution in [-0.2, 0) is 0 Å². The summed E-state index contributed by atoms with van der Waals surface area (Å²) in [5.74, 6) is 0.813. The average Bonchev–Trinajstić information content (AvgIpc) is 2.66. The fourth-order valence-electron chi connectivity index (χ4n) is 1.42. The Balaban J connectivity index is 2.32. The van der Waals surface area contributed by atoms with Crippen LogP contribution in [0.1, 0.15) is 6.92 Å². The van der Waals surface area contributed by atoms with Crippen LogP contribution in [-0.4, -0.2) is 16.8 Å². The number of benzene rings is 1. The Kier molecular flexibility index (Phi) is 2.58. The second-order valence-electron chi connectivity index (χ2n) is 3.11. The fourth-order valence-corrected chi connectivity index (χ4v) is 1.42. The van der Waals surface area contributed by atoms with E-state index in [9.17, 15) is 4.79 Å². The van der Waals surface area contributed by atoms with Crippen LogP contribution in [0.15, 0.2) is 35.3 Å². The van der Waals surface area contributed by atoms with E-state index in [0.29, 0.717) is 12.2 Å². The molecular formula is C11H12N2O2. The summed E-state index contributed by atoms with van der Waals surface area (Å²) in [6.07, 6.45) is 1.65. The summed E-state index contributed by atoms with van der Waals surface area (Å²) >= 11 is 0. The van der Waals surface area contributed by atoms with Gasteiger partial charge in [0.1, 0.15) is 5.75 Å². The summed E-state index contributed by atoms with van der Waals surface area (Å²) in [5.41, 5.74) is 1.40. The van der Waals surface area contributed by atoms with Gasteiger partial charge in [0.05, 0.1) is 12.2 Å². The standard InChI is InChI=1S/C11H12N2O2/c1-2-15-9-5-3-8(4-6-9)10-7-12-13-11(10)14/h3-7H,2H2,1H3,(H2,12,13,14). The first kappa shape index (κ1) is 9.58. The van der Waals surface area contributed by atoms with Crippen molar-refractivity contribution >= 4 is 0 Å². The van der Waals surface area contributed by atoms with E-state index in [0.717, 1.165) is 11.3 Å². The molecule has 0 saturated carbocycles. The van der Waals surface area contributed by atoms with Crippen molar-refractivity contribution in [3.8, 4) is 16.9 Å². The molecule has 2 aromatic rings. The van der Waals surface area contributed by atoms with E-state index in [1.54, 1.807) is 6.20 Å². The van der Waals surface area contributed by atoms with Crippen molar-refractivity contribution in [3.63, 3.8) is 0 Å². The van der Waals surface area contributed by atoms with E-state index in [-0.39, 0.29) is 5.56 Å². The van der Waals surface area contributed by atoms with Gasteiger partial charge in [0.15, 0.2) is 0 Å². The van der Waals surface area contributed by atoms with E-state index in [2.05, 4.69) is 10.2 Å². The molecule has 0 fully saturated rings. The molecule has 0 bridgehead atoms. The molecule has 4 nitrogen and oxygen atoms in total. The Morgan fingerprint density at radius 1 is 1.27 bits per heavy atom. The summed E-state index contributed by atoms with van der Waals surface area (Å²) in [6, 6.07) is 7.43. The first-order valence-electron chi connectivity index (χ1n) is 4.80. The highest BCUT2D eigenvalue weighted by atomic mass is 16.5. The van der Waals surface area contributed by atoms with Crippen molar-refractivity contribution in [2.24, 2.45) is 0 Å². The molecule has 2 rings (SSSR count). The lowest BCUT2D eigenvalue weighted by molar-refractivity contribution is 0.340. The highest BCUT2D eigenvalue weighted by Gasteiger charge is 2.03. The number of aromatic nitrogens is 2. The van der Waals surface area contributed by atoms with Crippen molar-refractivity contribution in [1.82, 2.24) is 10.2 Å². The van der Waals surface area contributed by atoms with Crippen molar-refractivity contribution < 1.29 is 4.74 Å². The fraction of sp³-hybridized carbons (Fsp3) is 0.182. The Morgan fingerprint density at radius 2 is 2.00 bits per heavy atom. The maximum atomic E-state index is 11.3. The molecule has 1 heterocycles. The maximum Gasteiger partial charge on any atom is 0.271 e. The van der Waals surface area contributed by atoms with Crippen LogP contribution < -0.4 is 10.3 Å². The van der Waals surface area contributed by atoms with Crippen molar-refractivity contribution in [2.45, 2.75) is 6.92 Å². The van der Waals surface area contributed by atoms with Crippen LogP contribution in [0.25, 0.3) is 11.1 Å². The van der Waals surface area contributed by atoms with Crippen LogP contribution in [0.2, 0.25) is 0 Å². The molecule has 0 aliphatic heterocycles. The van der Waals surface area contributed by atoms with E-state index >= 15 is 0 Å². The predicted molar refractivity (Wildman–Crippen MR) is 58.0 cm³/mol. The van der Waals surface area contributed by atoms with Gasteiger partial charge in [-0.15, -0.1) is 0 Å². The first-order chi connectivity index (χ1) is 7.31. The zero-order valence-electron chi connectivity index (χ0n) is 8.41. The molecule has 4 heteroatoms. The Hall–Kier alpha value is -1.97. The molecule has 0 spiro atoms. The molecule has 0 atom stereocenters. The van der Waals surface area contributed by atoms with E-state index in [1.807, 2.05) is 31.2 Å². The summed E-state index contributed by atoms with van der Waals surface area (Å²) < 4.78 is 5.31. The second-order valence-corrected chi connectivity index (χ2v) is 3.11. The van der Waals surface area contributed by atoms with Gasteiger partial charge >= 0.3 is 0 Å². The molecule has 0 amide bonds. The Morgan fingerprint density at radius 3 is 2.53 bits per heavy atom. The van der Waals surface area contributed by atoms with Gasteiger partial charge in [-0.25, -0.2) is 0 Å². The van der Waals surface area contributed by atoms with Crippen LogP contribution in [0.4, 0.5) is 0 Å². The van der Waals surface area contributed by atoms with E-state index in [1.165, 1.54) is 0 Å². The van der Waals surface area contributed by atoms with Gasteiger partial charge in [0, 0.05) is 6.20 Å². The SMILES string of the molecule is CCOc1ccc(-c2c[nH][nH]c2=O)cc1. The third kappa shape index (κ3) is 1.93. The molecule has 0 saturated heterocycles. The van der Waals surface area contributed by atoms with Gasteiger partial charge in [0.2, 0.25) is 0 Å². The molecule has 1 aromatic heterocycles. The molecule has 0 unspecified atom stereocenters. The third-order valence-corrected chi connectivity index (χ3v) is 2.12. The molecule has 2 N–H and O–H groups in total. The zero-order valence-corrected chi connectivity index (χ0v) is 8.41. The number of ether oxygens (including phenoxy) is 1. The number of aromatic amines is 2. The van der Waals surface area contributed by atoms with Gasteiger partial charge in [-0.05, 0) is 24.6 Å². The van der Waals surface area contributed by atoms with Gasteiger partial charge in [-0.3, -0.25) is 9.89 Å². The van der Waals surface area contributed by atoms with E-state index in [4.69, 9.17) is 4.74 Å². The average molecular weight is 204 g/mol. The van der Waals surface area contributed by atoms with Crippen LogP contribution in [0, 0.1) is 0 Å². The van der Waals surface area contributed by atoms with Crippen LogP contribution in [0.5, 0.6) is 5.75 Å². The Bertz CT molecular complexity index is 482. The van der Waals surface area contributed by atoms with Crippen molar-refractivity contribution in [1.29, 1.82) is 0 Å². The minimum absolute atomic E-state index is 0.112. The summed E-state index contributed by atoms with van der Waals surface area (Å²) in [4.78, 5) is 11.3. The Labute approximate surface area is 86.9 Å². The number of hydrogen-bond donors (Lipinski definition) is 2. The predicted octanol–water partition coefficient (Wildman–Crippen LogP) is 1.77. The quantitative estimate of drug-likeness (QED) is 0.800. The molecule has 0 aliphatic rings. The highest BCUT2D eigenvalue weighted by molar-refractivity contribution is 5.62. The summed E-state index contributed by atoms with van der Waals surface area (Å²) in [7, 11) is 0. The van der Waals surface area contributed by atoms with E-state index < -0.39 is 0 Å². The lowest BCUT2D eigenvalue weighted by Gasteiger charge is -2.02. The van der Waals surface area contributed by atoms with Crippen LogP contribution in [0.3, 0.4) is 0 Å². The summed E-state index contributed by atoms with van der Waals surface area (Å²) in [5, 5.41) is 5.16. The monoisotopic (exact) mass is 204 g/mol. The van der Waals surface area contributed by atoms with Crippen molar-refractivity contribution in [2.75, 3.05) is 6.61 Å². The van der Waals surface area contributed by atoms with Gasteiger partial charge < -0.3 is 9.84 Å². The molecular weight excluding hydrogens is 192 g/mol. The maximum absolute atomic E-state index is 11.3. The first-order valence-corrected chi connectivity index (χ1v) is 4.80. The second kappa shape index (κ2) is 4.04. The minimum atomic E-state index is -0.112. The lowest BCUT2D eigenvalue weighted by atomic mass is 10.1. The van der Waals surface area contributed by atoms with Crippen LogP contribution >= 0.6 is 0 Å². The minimum Gasteiger partial charge on any atom is -0.494 e. The topological polar surface area (TPSA) is 57.9 Å². The smallest absolute Gasteiger partial charge is 0.271 e. The number of nitrogens with one attached hydrogen (secondary N) is 2. The lowest BCUT2D eigenvalue weighted by Crippen LogP contribution is -2.01. The normalized spacial score (nSPS) is 10.2. The van der Waals surface area contributed by atoms with Crippen molar-refractivity contribution in [3.05, 3.63) is 40.8 Å². The van der Waals surface area contributed by atoms with Gasteiger partial charge in [-0.2, -0.15) is 0 Å². The number of rotatable bonds is 3. The van der Waals surface area contributed by atoms with Gasteiger partial charge in [-0.1, -0.05) is 12.1 Å². The third-order valence-electron chi connectivity index (χ3n) is 2.12. The summed E-state index contributed by atoms with van der Waals surface area (Å²) in [6.45, 7) is 2.58. The highest BCUT2D eigenvalue weighted by Crippen LogP contribution is 2.18. The number of H-pyrrole nitrogens is 2. The largest absolute Gasteiger partial charge is 0.494 e.